The summed E-state index contributed by atoms with van der Waals surface area (Å²) in [5, 5.41) is 0. The summed E-state index contributed by atoms with van der Waals surface area (Å²) in [5.74, 6) is 0.783. The predicted molar refractivity (Wildman–Crippen MR) is 139 cm³/mol. The lowest BCUT2D eigenvalue weighted by atomic mass is 10.2. The zero-order valence-electron chi connectivity index (χ0n) is 20.7. The van der Waals surface area contributed by atoms with E-state index >= 15 is 0 Å². The standard InChI is InChI=1S/C22H50N2P.C3H4N2/c1-5-9-13-15-19-25(20-16-14-10-6-2,21(23)17-11-7-3)22(24)18-12-8-4;1-2-5-3-4-1/h21-22H,5-20,23-24H2,1-4H3;1-3H,(H,4,5)/q+1;. The number of unbranched alkanes of at least 4 members (excludes halogenated alkanes) is 8. The number of aromatic nitrogens is 2. The third kappa shape index (κ3) is 13.1. The molecule has 2 atom stereocenters. The van der Waals surface area contributed by atoms with Crippen molar-refractivity contribution in [3.05, 3.63) is 18.7 Å². The Morgan fingerprint density at radius 3 is 1.47 bits per heavy atom. The second-order valence-corrected chi connectivity index (χ2v) is 13.3. The first-order valence-electron chi connectivity index (χ1n) is 12.9. The topological polar surface area (TPSA) is 80.7 Å². The van der Waals surface area contributed by atoms with Crippen LogP contribution in [-0.2, 0) is 0 Å². The van der Waals surface area contributed by atoms with Crippen LogP contribution in [-0.4, -0.2) is 33.9 Å². The molecule has 4 nitrogen and oxygen atoms in total. The molecule has 30 heavy (non-hydrogen) atoms. The summed E-state index contributed by atoms with van der Waals surface area (Å²) < 4.78 is 0. The average molecular weight is 442 g/mol. The van der Waals surface area contributed by atoms with Crippen LogP contribution in [0.3, 0.4) is 0 Å². The lowest BCUT2D eigenvalue weighted by Crippen LogP contribution is -2.39. The largest absolute Gasteiger partial charge is 0.351 e. The number of hydrogen-bond donors (Lipinski definition) is 3. The Kier molecular flexibility index (Phi) is 20.2. The molecule has 1 aromatic rings. The Hall–Kier alpha value is -0.440. The van der Waals surface area contributed by atoms with E-state index in [4.69, 9.17) is 11.5 Å². The van der Waals surface area contributed by atoms with Crippen LogP contribution in [0.4, 0.5) is 0 Å². The molecule has 0 aliphatic rings. The minimum Gasteiger partial charge on any atom is -0.351 e. The number of rotatable bonds is 18. The average Bonchev–Trinajstić information content (AvgIpc) is 3.35. The van der Waals surface area contributed by atoms with Gasteiger partial charge in [0.05, 0.1) is 18.7 Å². The van der Waals surface area contributed by atoms with Gasteiger partial charge in [0.25, 0.3) is 0 Å². The molecule has 0 radical (unpaired) electrons. The molecule has 0 bridgehead atoms. The summed E-state index contributed by atoms with van der Waals surface area (Å²) in [6, 6.07) is 0. The monoisotopic (exact) mass is 441 g/mol. The molecular weight excluding hydrogens is 387 g/mol. The summed E-state index contributed by atoms with van der Waals surface area (Å²) in [4.78, 5) is 6.42. The summed E-state index contributed by atoms with van der Waals surface area (Å²) in [6.45, 7) is 9.17. The first kappa shape index (κ1) is 29.6. The molecule has 178 valence electrons. The second-order valence-electron chi connectivity index (χ2n) is 8.85. The molecule has 0 spiro atoms. The lowest BCUT2D eigenvalue weighted by molar-refractivity contribution is 0.630. The van der Waals surface area contributed by atoms with Gasteiger partial charge < -0.3 is 4.98 Å². The van der Waals surface area contributed by atoms with Crippen molar-refractivity contribution >= 4 is 7.26 Å². The molecule has 2 unspecified atom stereocenters. The molecule has 1 rings (SSSR count). The van der Waals surface area contributed by atoms with E-state index in [-0.39, 0.29) is 0 Å². The van der Waals surface area contributed by atoms with Gasteiger partial charge >= 0.3 is 0 Å². The maximum Gasteiger partial charge on any atom is 0.118 e. The zero-order valence-corrected chi connectivity index (χ0v) is 21.6. The van der Waals surface area contributed by atoms with Crippen LogP contribution in [0.2, 0.25) is 0 Å². The van der Waals surface area contributed by atoms with Crippen molar-refractivity contribution in [1.29, 1.82) is 0 Å². The van der Waals surface area contributed by atoms with Gasteiger partial charge in [0.15, 0.2) is 0 Å². The van der Waals surface area contributed by atoms with Gasteiger partial charge in [0.2, 0.25) is 0 Å². The molecule has 1 aromatic heterocycles. The maximum absolute atomic E-state index is 6.91. The Labute approximate surface area is 189 Å². The molecule has 0 amide bonds. The van der Waals surface area contributed by atoms with Crippen molar-refractivity contribution < 1.29 is 0 Å². The van der Waals surface area contributed by atoms with Crippen LogP contribution in [0.25, 0.3) is 0 Å². The van der Waals surface area contributed by atoms with Crippen molar-refractivity contribution in [3.63, 3.8) is 0 Å². The Bertz CT molecular complexity index is 393. The summed E-state index contributed by atoms with van der Waals surface area (Å²) >= 11 is 0. The van der Waals surface area contributed by atoms with Crippen molar-refractivity contribution in [2.75, 3.05) is 12.3 Å². The molecule has 1 heterocycles. The van der Waals surface area contributed by atoms with E-state index in [1.54, 1.807) is 18.7 Å². The molecule has 0 aliphatic heterocycles. The van der Waals surface area contributed by atoms with Crippen LogP contribution in [0.5, 0.6) is 0 Å². The van der Waals surface area contributed by atoms with Gasteiger partial charge in [0, 0.05) is 19.7 Å². The van der Waals surface area contributed by atoms with Gasteiger partial charge in [0.1, 0.15) is 11.6 Å². The number of nitrogens with one attached hydrogen (secondary N) is 1. The van der Waals surface area contributed by atoms with E-state index < -0.39 is 7.26 Å². The van der Waals surface area contributed by atoms with Crippen molar-refractivity contribution in [1.82, 2.24) is 9.97 Å². The highest BCUT2D eigenvalue weighted by Gasteiger charge is 2.47. The molecule has 0 aromatic carbocycles. The van der Waals surface area contributed by atoms with Crippen LogP contribution in [0.15, 0.2) is 18.7 Å². The number of H-pyrrole nitrogens is 1. The van der Waals surface area contributed by atoms with Crippen LogP contribution in [0, 0.1) is 0 Å². The third-order valence-corrected chi connectivity index (χ3v) is 11.7. The molecule has 0 aliphatic carbocycles. The molecule has 0 fully saturated rings. The van der Waals surface area contributed by atoms with Gasteiger partial charge in [-0.25, -0.2) is 4.98 Å². The van der Waals surface area contributed by atoms with Gasteiger partial charge in [-0.2, -0.15) is 0 Å². The highest BCUT2D eigenvalue weighted by molar-refractivity contribution is 7.77. The molecule has 0 saturated heterocycles. The van der Waals surface area contributed by atoms with Crippen LogP contribution >= 0.6 is 7.26 Å². The molecule has 5 heteroatoms. The normalized spacial score (nSPS) is 13.5. The number of nitrogens with two attached hydrogens (primary N) is 2. The summed E-state index contributed by atoms with van der Waals surface area (Å²) in [7, 11) is -1.26. The number of hydrogen-bond acceptors (Lipinski definition) is 3. The van der Waals surface area contributed by atoms with Crippen molar-refractivity contribution in [3.8, 4) is 0 Å². The summed E-state index contributed by atoms with van der Waals surface area (Å²) in [6.07, 6.45) is 26.0. The third-order valence-electron chi connectivity index (χ3n) is 6.29. The van der Waals surface area contributed by atoms with Crippen molar-refractivity contribution in [2.45, 2.75) is 129 Å². The van der Waals surface area contributed by atoms with Gasteiger partial charge in [-0.05, 0) is 51.4 Å². The highest BCUT2D eigenvalue weighted by atomic mass is 31.2. The van der Waals surface area contributed by atoms with E-state index in [0.29, 0.717) is 11.6 Å². The number of aromatic amines is 1. The minimum atomic E-state index is -1.26. The quantitative estimate of drug-likeness (QED) is 0.163. The second kappa shape index (κ2) is 20.5. The SMILES string of the molecule is CCCCCC[P+](CCCCCC)(C(N)CCCC)C(N)CCCC.c1c[nH]cn1. The molecular formula is C25H54N4P+. The summed E-state index contributed by atoms with van der Waals surface area (Å²) in [5.41, 5.74) is 13.8. The Morgan fingerprint density at radius 2 is 1.17 bits per heavy atom. The Morgan fingerprint density at radius 1 is 0.700 bits per heavy atom. The number of nitrogens with zero attached hydrogens (tertiary/aromatic N) is 1. The van der Waals surface area contributed by atoms with Crippen LogP contribution < -0.4 is 11.5 Å². The first-order chi connectivity index (χ1) is 14.6. The van der Waals surface area contributed by atoms with Gasteiger partial charge in [-0.15, -0.1) is 0 Å². The minimum absolute atomic E-state index is 0.391. The van der Waals surface area contributed by atoms with E-state index in [1.807, 2.05) is 0 Å². The first-order valence-corrected chi connectivity index (χ1v) is 15.2. The maximum atomic E-state index is 6.91. The highest BCUT2D eigenvalue weighted by Crippen LogP contribution is 2.67. The van der Waals surface area contributed by atoms with Gasteiger partial charge in [-0.1, -0.05) is 66.2 Å². The van der Waals surface area contributed by atoms with Crippen molar-refractivity contribution in [2.24, 2.45) is 11.5 Å². The Balaban J connectivity index is 0.00000145. The molecule has 0 saturated carbocycles. The fourth-order valence-electron chi connectivity index (χ4n) is 4.24. The molecule has 5 N–H and O–H groups in total. The fourth-order valence-corrected chi connectivity index (χ4v) is 9.30. The predicted octanol–water partition coefficient (Wildman–Crippen LogP) is 7.52. The lowest BCUT2D eigenvalue weighted by Gasteiger charge is -2.38. The van der Waals surface area contributed by atoms with E-state index in [0.717, 1.165) is 0 Å². The number of imidazole rings is 1. The zero-order chi connectivity index (χ0) is 22.5. The van der Waals surface area contributed by atoms with E-state index in [9.17, 15) is 0 Å². The van der Waals surface area contributed by atoms with E-state index in [1.165, 1.54) is 102 Å². The smallest absolute Gasteiger partial charge is 0.118 e. The van der Waals surface area contributed by atoms with E-state index in [2.05, 4.69) is 37.7 Å². The van der Waals surface area contributed by atoms with Crippen LogP contribution in [0.1, 0.15) is 118 Å². The fraction of sp³-hybridized carbons (Fsp3) is 0.880. The van der Waals surface area contributed by atoms with Gasteiger partial charge in [-0.3, -0.25) is 11.5 Å².